The van der Waals surface area contributed by atoms with Crippen LogP contribution in [-0.4, -0.2) is 13.1 Å². The zero-order valence-electron chi connectivity index (χ0n) is 8.57. The molecule has 1 aromatic rings. The number of carbonyl (C=O) groups is 1. The SMILES string of the molecule is COC(=O)Cc1cc(C(F)(F)F)c(Cl)cc1F. The molecule has 0 heterocycles. The van der Waals surface area contributed by atoms with Crippen LogP contribution in [0.4, 0.5) is 17.6 Å². The van der Waals surface area contributed by atoms with Crippen molar-refractivity contribution < 1.29 is 27.1 Å². The summed E-state index contributed by atoms with van der Waals surface area (Å²) in [5.74, 6) is -1.81. The topological polar surface area (TPSA) is 26.3 Å². The Labute approximate surface area is 99.1 Å². The van der Waals surface area contributed by atoms with Crippen LogP contribution in [0, 0.1) is 5.82 Å². The summed E-state index contributed by atoms with van der Waals surface area (Å²) < 4.78 is 54.9. The molecule has 1 aromatic carbocycles. The molecule has 1 rings (SSSR count). The summed E-state index contributed by atoms with van der Waals surface area (Å²) in [6.07, 6.45) is -5.28. The van der Waals surface area contributed by atoms with Crippen LogP contribution in [0.1, 0.15) is 11.1 Å². The fourth-order valence-electron chi connectivity index (χ4n) is 1.17. The van der Waals surface area contributed by atoms with E-state index in [1.807, 2.05) is 0 Å². The molecule has 0 aromatic heterocycles. The molecule has 0 N–H and O–H groups in total. The smallest absolute Gasteiger partial charge is 0.417 e. The molecular weight excluding hydrogens is 264 g/mol. The van der Waals surface area contributed by atoms with Gasteiger partial charge >= 0.3 is 12.1 Å². The molecule has 0 fully saturated rings. The predicted octanol–water partition coefficient (Wildman–Crippen LogP) is 3.21. The monoisotopic (exact) mass is 270 g/mol. The first-order valence-corrected chi connectivity index (χ1v) is 4.75. The Balaban J connectivity index is 3.20. The third kappa shape index (κ3) is 3.33. The van der Waals surface area contributed by atoms with Gasteiger partial charge in [-0.1, -0.05) is 11.6 Å². The minimum atomic E-state index is -4.70. The largest absolute Gasteiger partial charge is 0.469 e. The third-order valence-corrected chi connectivity index (χ3v) is 2.32. The van der Waals surface area contributed by atoms with E-state index in [1.54, 1.807) is 0 Å². The summed E-state index contributed by atoms with van der Waals surface area (Å²) in [4.78, 5) is 10.9. The van der Waals surface area contributed by atoms with Gasteiger partial charge in [0.25, 0.3) is 0 Å². The summed E-state index contributed by atoms with van der Waals surface area (Å²) in [5, 5.41) is -0.747. The van der Waals surface area contributed by atoms with Gasteiger partial charge in [-0.3, -0.25) is 4.79 Å². The van der Waals surface area contributed by atoms with Gasteiger partial charge < -0.3 is 4.74 Å². The molecule has 94 valence electrons. The standard InChI is InChI=1S/C10H7ClF4O2/c1-17-9(16)3-5-2-6(10(13,14)15)7(11)4-8(5)12/h2,4H,3H2,1H3. The number of esters is 1. The van der Waals surface area contributed by atoms with Gasteiger partial charge in [-0.2, -0.15) is 13.2 Å². The van der Waals surface area contributed by atoms with Crippen molar-refractivity contribution >= 4 is 17.6 Å². The summed E-state index contributed by atoms with van der Waals surface area (Å²) in [6, 6.07) is 1.04. The second-order valence-corrected chi connectivity index (χ2v) is 3.58. The van der Waals surface area contributed by atoms with Gasteiger partial charge in [-0.05, 0) is 17.7 Å². The average molecular weight is 271 g/mol. The maximum atomic E-state index is 13.3. The summed E-state index contributed by atoms with van der Waals surface area (Å²) in [7, 11) is 1.06. The highest BCUT2D eigenvalue weighted by Gasteiger charge is 2.34. The molecule has 7 heteroatoms. The molecule has 2 nitrogen and oxygen atoms in total. The molecular formula is C10H7ClF4O2. The van der Waals surface area contributed by atoms with Gasteiger partial charge in [-0.15, -0.1) is 0 Å². The molecule has 0 spiro atoms. The number of benzene rings is 1. The minimum absolute atomic E-state index is 0.409. The number of ether oxygens (including phenoxy) is 1. The van der Waals surface area contributed by atoms with E-state index < -0.39 is 40.5 Å². The molecule has 0 aliphatic carbocycles. The molecule has 0 saturated carbocycles. The summed E-state index contributed by atoms with van der Waals surface area (Å²) in [5.41, 5.74) is -1.59. The number of halogens is 5. The Morgan fingerprint density at radius 2 is 2.00 bits per heavy atom. The fraction of sp³-hybridized carbons (Fsp3) is 0.300. The lowest BCUT2D eigenvalue weighted by Crippen LogP contribution is -2.11. The maximum Gasteiger partial charge on any atom is 0.417 e. The number of carbonyl (C=O) groups excluding carboxylic acids is 1. The van der Waals surface area contributed by atoms with Crippen molar-refractivity contribution in [2.45, 2.75) is 12.6 Å². The molecule has 17 heavy (non-hydrogen) atoms. The van der Waals surface area contributed by atoms with Crippen LogP contribution in [0.5, 0.6) is 0 Å². The molecule has 0 bridgehead atoms. The van der Waals surface area contributed by atoms with Crippen LogP contribution in [0.15, 0.2) is 12.1 Å². The van der Waals surface area contributed by atoms with E-state index >= 15 is 0 Å². The van der Waals surface area contributed by atoms with Crippen molar-refractivity contribution in [3.63, 3.8) is 0 Å². The van der Waals surface area contributed by atoms with Crippen molar-refractivity contribution in [1.82, 2.24) is 0 Å². The fourth-order valence-corrected chi connectivity index (χ4v) is 1.43. The van der Waals surface area contributed by atoms with E-state index in [9.17, 15) is 22.4 Å². The third-order valence-electron chi connectivity index (χ3n) is 2.00. The molecule has 0 aliphatic heterocycles. The lowest BCUT2D eigenvalue weighted by Gasteiger charge is -2.11. The van der Waals surface area contributed by atoms with Crippen molar-refractivity contribution in [2.24, 2.45) is 0 Å². The molecule has 0 aliphatic rings. The highest BCUT2D eigenvalue weighted by Crippen LogP contribution is 2.36. The first-order chi connectivity index (χ1) is 7.75. The van der Waals surface area contributed by atoms with Gasteiger partial charge in [0.05, 0.1) is 24.1 Å². The zero-order valence-corrected chi connectivity index (χ0v) is 9.32. The van der Waals surface area contributed by atoms with E-state index in [-0.39, 0.29) is 0 Å². The molecule has 0 unspecified atom stereocenters. The maximum absolute atomic E-state index is 13.3. The van der Waals surface area contributed by atoms with Crippen LogP contribution in [0.25, 0.3) is 0 Å². The van der Waals surface area contributed by atoms with Crippen molar-refractivity contribution in [1.29, 1.82) is 0 Å². The predicted molar refractivity (Wildman–Crippen MR) is 52.1 cm³/mol. The van der Waals surface area contributed by atoms with Crippen LogP contribution in [-0.2, 0) is 22.1 Å². The van der Waals surface area contributed by atoms with Crippen LogP contribution >= 0.6 is 11.6 Å². The van der Waals surface area contributed by atoms with Crippen LogP contribution < -0.4 is 0 Å². The second kappa shape index (κ2) is 4.91. The average Bonchev–Trinajstić information content (AvgIpc) is 2.19. The Hall–Kier alpha value is -1.30. The van der Waals surface area contributed by atoms with Crippen molar-refractivity contribution in [3.05, 3.63) is 34.1 Å². The van der Waals surface area contributed by atoms with E-state index in [2.05, 4.69) is 4.74 Å². The number of alkyl halides is 3. The van der Waals surface area contributed by atoms with Gasteiger partial charge in [0.1, 0.15) is 5.82 Å². The number of methoxy groups -OCH3 is 1. The Morgan fingerprint density at radius 1 is 1.41 bits per heavy atom. The molecule has 0 radical (unpaired) electrons. The summed E-state index contributed by atoms with van der Waals surface area (Å²) >= 11 is 5.28. The Morgan fingerprint density at radius 3 is 2.47 bits per heavy atom. The van der Waals surface area contributed by atoms with Gasteiger partial charge in [-0.25, -0.2) is 4.39 Å². The van der Waals surface area contributed by atoms with Gasteiger partial charge in [0.15, 0.2) is 0 Å². The first-order valence-electron chi connectivity index (χ1n) is 4.37. The van der Waals surface area contributed by atoms with E-state index in [0.717, 1.165) is 7.11 Å². The van der Waals surface area contributed by atoms with E-state index in [1.165, 1.54) is 0 Å². The first kappa shape index (κ1) is 13.8. The lowest BCUT2D eigenvalue weighted by molar-refractivity contribution is -0.140. The van der Waals surface area contributed by atoms with E-state index in [0.29, 0.717) is 12.1 Å². The molecule has 0 saturated heterocycles. The minimum Gasteiger partial charge on any atom is -0.469 e. The number of hydrogen-bond acceptors (Lipinski definition) is 2. The number of rotatable bonds is 2. The molecule has 0 atom stereocenters. The highest BCUT2D eigenvalue weighted by molar-refractivity contribution is 6.31. The zero-order chi connectivity index (χ0) is 13.2. The van der Waals surface area contributed by atoms with Crippen molar-refractivity contribution in [3.8, 4) is 0 Å². The normalized spacial score (nSPS) is 11.4. The van der Waals surface area contributed by atoms with Gasteiger partial charge in [0.2, 0.25) is 0 Å². The second-order valence-electron chi connectivity index (χ2n) is 3.17. The van der Waals surface area contributed by atoms with Crippen molar-refractivity contribution in [2.75, 3.05) is 7.11 Å². The van der Waals surface area contributed by atoms with Gasteiger partial charge in [0, 0.05) is 0 Å². The Kier molecular flexibility index (Phi) is 3.98. The lowest BCUT2D eigenvalue weighted by atomic mass is 10.1. The van der Waals surface area contributed by atoms with E-state index in [4.69, 9.17) is 11.6 Å². The highest BCUT2D eigenvalue weighted by atomic mass is 35.5. The molecule has 0 amide bonds. The summed E-state index contributed by atoms with van der Waals surface area (Å²) in [6.45, 7) is 0. The van der Waals surface area contributed by atoms with Crippen LogP contribution in [0.3, 0.4) is 0 Å². The Bertz CT molecular complexity index is 443. The number of hydrogen-bond donors (Lipinski definition) is 0. The van der Waals surface area contributed by atoms with Crippen LogP contribution in [0.2, 0.25) is 5.02 Å². The quantitative estimate of drug-likeness (QED) is 0.609.